The van der Waals surface area contributed by atoms with Crippen LogP contribution in [-0.2, 0) is 13.1 Å². The number of aromatic hydroxyl groups is 1. The number of rotatable bonds is 7. The molecule has 0 aliphatic carbocycles. The predicted molar refractivity (Wildman–Crippen MR) is 125 cm³/mol. The van der Waals surface area contributed by atoms with Gasteiger partial charge in [-0.25, -0.2) is 0 Å². The monoisotopic (exact) mass is 426 g/mol. The Hall–Kier alpha value is -2.64. The third-order valence-corrected chi connectivity index (χ3v) is 5.51. The number of benzene rings is 2. The molecule has 0 bridgehead atoms. The summed E-state index contributed by atoms with van der Waals surface area (Å²) in [6.07, 6.45) is 3.75. The number of phenols is 1. The molecule has 3 rings (SSSR count). The van der Waals surface area contributed by atoms with E-state index in [-0.39, 0.29) is 0 Å². The molecule has 0 radical (unpaired) electrons. The molecule has 0 saturated carbocycles. The van der Waals surface area contributed by atoms with Crippen molar-refractivity contribution in [3.63, 3.8) is 0 Å². The highest BCUT2D eigenvalue weighted by Crippen LogP contribution is 2.22. The molecule has 0 aromatic heterocycles. The zero-order chi connectivity index (χ0) is 21.3. The van der Waals surface area contributed by atoms with E-state index in [1.165, 1.54) is 19.3 Å². The second kappa shape index (κ2) is 10.9. The minimum atomic E-state index is 0.335. The Morgan fingerprint density at radius 3 is 2.57 bits per heavy atom. The summed E-state index contributed by atoms with van der Waals surface area (Å²) in [4.78, 5) is 2.39. The van der Waals surface area contributed by atoms with E-state index in [0.29, 0.717) is 17.4 Å². The minimum Gasteiger partial charge on any atom is -0.508 e. The molecule has 0 amide bonds. The van der Waals surface area contributed by atoms with Gasteiger partial charge in [0.1, 0.15) is 11.5 Å². The second-order valence-electron chi connectivity index (χ2n) is 7.52. The highest BCUT2D eigenvalue weighted by molar-refractivity contribution is 7.80. The Labute approximate surface area is 183 Å². The lowest BCUT2D eigenvalue weighted by Gasteiger charge is -2.26. The van der Waals surface area contributed by atoms with Gasteiger partial charge in [0.2, 0.25) is 0 Å². The largest absolute Gasteiger partial charge is 0.508 e. The van der Waals surface area contributed by atoms with Crippen LogP contribution >= 0.6 is 12.2 Å². The quantitative estimate of drug-likeness (QED) is 0.356. The van der Waals surface area contributed by atoms with Crippen molar-refractivity contribution in [2.45, 2.75) is 39.3 Å². The number of hydrogen-bond acceptors (Lipinski definition) is 5. The van der Waals surface area contributed by atoms with Gasteiger partial charge in [0, 0.05) is 18.7 Å². The third kappa shape index (κ3) is 6.43. The van der Waals surface area contributed by atoms with Crippen LogP contribution in [0.5, 0.6) is 11.5 Å². The van der Waals surface area contributed by atoms with Crippen LogP contribution < -0.4 is 15.5 Å². The summed E-state index contributed by atoms with van der Waals surface area (Å²) in [7, 11) is 1.65. The number of hydrogen-bond donors (Lipinski definition) is 3. The number of nitrogens with zero attached hydrogens (tertiary/aromatic N) is 2. The standard InChI is InChI=1S/C23H30N4O2S/c1-17(25-26-23(30)24-15-18-6-9-21(29-2)10-7-18)19-8-11-22(28)20(14-19)16-27-12-4-3-5-13-27/h6-11,14,28H,3-5,12-13,15-16H2,1-2H3,(H2,24,26,30)/b25-17+. The van der Waals surface area contributed by atoms with Gasteiger partial charge in [-0.15, -0.1) is 0 Å². The maximum atomic E-state index is 10.3. The smallest absolute Gasteiger partial charge is 0.187 e. The van der Waals surface area contributed by atoms with Crippen LogP contribution in [0.2, 0.25) is 0 Å². The maximum absolute atomic E-state index is 10.3. The summed E-state index contributed by atoms with van der Waals surface area (Å²) in [5.41, 5.74) is 6.70. The van der Waals surface area contributed by atoms with Gasteiger partial charge in [0.15, 0.2) is 5.11 Å². The van der Waals surface area contributed by atoms with E-state index in [0.717, 1.165) is 47.8 Å². The molecule has 1 aliphatic heterocycles. The van der Waals surface area contributed by atoms with Crippen LogP contribution in [0.1, 0.15) is 42.9 Å². The van der Waals surface area contributed by atoms with Crippen molar-refractivity contribution in [3.8, 4) is 11.5 Å². The number of nitrogens with one attached hydrogen (secondary N) is 2. The van der Waals surface area contributed by atoms with Gasteiger partial charge in [-0.1, -0.05) is 18.6 Å². The van der Waals surface area contributed by atoms with E-state index in [4.69, 9.17) is 17.0 Å². The number of ether oxygens (including phenoxy) is 1. The van der Waals surface area contributed by atoms with Crippen LogP contribution in [0.3, 0.4) is 0 Å². The summed E-state index contributed by atoms with van der Waals surface area (Å²) < 4.78 is 5.17. The number of hydrazone groups is 1. The first-order valence-corrected chi connectivity index (χ1v) is 10.7. The Kier molecular flexibility index (Phi) is 8.04. The van der Waals surface area contributed by atoms with Crippen LogP contribution in [-0.4, -0.2) is 41.0 Å². The molecule has 1 saturated heterocycles. The van der Waals surface area contributed by atoms with E-state index in [2.05, 4.69) is 20.7 Å². The van der Waals surface area contributed by atoms with Crippen LogP contribution in [0.4, 0.5) is 0 Å². The zero-order valence-electron chi connectivity index (χ0n) is 17.6. The lowest BCUT2D eigenvalue weighted by atomic mass is 10.0. The average Bonchev–Trinajstić information content (AvgIpc) is 2.78. The summed E-state index contributed by atoms with van der Waals surface area (Å²) in [5, 5.41) is 18.3. The summed E-state index contributed by atoms with van der Waals surface area (Å²) in [6.45, 7) is 5.47. The number of methoxy groups -OCH3 is 1. The molecule has 1 heterocycles. The molecule has 0 unspecified atom stereocenters. The van der Waals surface area contributed by atoms with Crippen molar-refractivity contribution >= 4 is 23.0 Å². The van der Waals surface area contributed by atoms with Crippen molar-refractivity contribution in [2.24, 2.45) is 5.10 Å². The molecular weight excluding hydrogens is 396 g/mol. The summed E-state index contributed by atoms with van der Waals surface area (Å²) in [6, 6.07) is 13.5. The lowest BCUT2D eigenvalue weighted by molar-refractivity contribution is 0.218. The maximum Gasteiger partial charge on any atom is 0.187 e. The topological polar surface area (TPSA) is 69.1 Å². The molecular formula is C23H30N4O2S. The molecule has 0 spiro atoms. The third-order valence-electron chi connectivity index (χ3n) is 5.28. The molecule has 2 aromatic carbocycles. The van der Waals surface area contributed by atoms with Crippen molar-refractivity contribution in [3.05, 3.63) is 59.2 Å². The van der Waals surface area contributed by atoms with E-state index in [9.17, 15) is 5.11 Å². The molecule has 30 heavy (non-hydrogen) atoms. The average molecular weight is 427 g/mol. The van der Waals surface area contributed by atoms with E-state index in [1.54, 1.807) is 13.2 Å². The van der Waals surface area contributed by atoms with Gasteiger partial charge >= 0.3 is 0 Å². The van der Waals surface area contributed by atoms with Crippen LogP contribution in [0, 0.1) is 0 Å². The number of likely N-dealkylation sites (tertiary alicyclic amines) is 1. The summed E-state index contributed by atoms with van der Waals surface area (Å²) >= 11 is 5.32. The fourth-order valence-corrected chi connectivity index (χ4v) is 3.58. The highest BCUT2D eigenvalue weighted by Gasteiger charge is 2.13. The Balaban J connectivity index is 1.54. The summed E-state index contributed by atoms with van der Waals surface area (Å²) in [5.74, 6) is 1.16. The van der Waals surface area contributed by atoms with Crippen molar-refractivity contribution < 1.29 is 9.84 Å². The lowest BCUT2D eigenvalue weighted by Crippen LogP contribution is -2.32. The van der Waals surface area contributed by atoms with Gasteiger partial charge in [0.25, 0.3) is 0 Å². The number of piperidine rings is 1. The van der Waals surface area contributed by atoms with Crippen molar-refractivity contribution in [1.29, 1.82) is 0 Å². The first-order chi connectivity index (χ1) is 14.5. The minimum absolute atomic E-state index is 0.335. The highest BCUT2D eigenvalue weighted by atomic mass is 32.1. The fourth-order valence-electron chi connectivity index (χ4n) is 3.46. The molecule has 3 N–H and O–H groups in total. The van der Waals surface area contributed by atoms with Gasteiger partial charge in [-0.2, -0.15) is 5.10 Å². The molecule has 0 atom stereocenters. The van der Waals surface area contributed by atoms with E-state index in [1.807, 2.05) is 43.3 Å². The van der Waals surface area contributed by atoms with Gasteiger partial charge in [0.05, 0.1) is 12.8 Å². The molecule has 7 heteroatoms. The van der Waals surface area contributed by atoms with Crippen LogP contribution in [0.15, 0.2) is 47.6 Å². The van der Waals surface area contributed by atoms with E-state index >= 15 is 0 Å². The van der Waals surface area contributed by atoms with Crippen LogP contribution in [0.25, 0.3) is 0 Å². The first kappa shape index (κ1) is 22.1. The van der Waals surface area contributed by atoms with E-state index < -0.39 is 0 Å². The Bertz CT molecular complexity index is 877. The molecule has 1 aliphatic rings. The molecule has 6 nitrogen and oxygen atoms in total. The van der Waals surface area contributed by atoms with Gasteiger partial charge in [-0.3, -0.25) is 10.3 Å². The fraction of sp³-hybridized carbons (Fsp3) is 0.391. The normalized spacial score (nSPS) is 14.9. The molecule has 1 fully saturated rings. The second-order valence-corrected chi connectivity index (χ2v) is 7.93. The Morgan fingerprint density at radius 2 is 1.87 bits per heavy atom. The SMILES string of the molecule is COc1ccc(CNC(=S)N/N=C(\C)c2ccc(O)c(CN3CCCCC3)c2)cc1. The first-order valence-electron chi connectivity index (χ1n) is 10.3. The number of phenolic OH excluding ortho intramolecular Hbond substituents is 1. The number of thiocarbonyl (C=S) groups is 1. The van der Waals surface area contributed by atoms with Crippen molar-refractivity contribution in [1.82, 2.24) is 15.6 Å². The Morgan fingerprint density at radius 1 is 1.13 bits per heavy atom. The van der Waals surface area contributed by atoms with Gasteiger partial charge in [-0.05, 0) is 86.5 Å². The predicted octanol–water partition coefficient (Wildman–Crippen LogP) is 3.78. The molecule has 160 valence electrons. The van der Waals surface area contributed by atoms with Crippen molar-refractivity contribution in [2.75, 3.05) is 20.2 Å². The molecule has 2 aromatic rings. The zero-order valence-corrected chi connectivity index (χ0v) is 18.5. The van der Waals surface area contributed by atoms with Gasteiger partial charge < -0.3 is 15.2 Å².